The first-order valence-corrected chi connectivity index (χ1v) is 7.37. The fourth-order valence-corrected chi connectivity index (χ4v) is 3.40. The van der Waals surface area contributed by atoms with Crippen LogP contribution in [0.5, 0.6) is 0 Å². The Balaban J connectivity index is 1.88. The van der Waals surface area contributed by atoms with E-state index >= 15 is 0 Å². The molecular weight excluding hydrogens is 228 g/mol. The second-order valence-electron chi connectivity index (χ2n) is 5.36. The topological polar surface area (TPSA) is 41.6 Å². The SMILES string of the molecule is CCOCCN(CC)C(=O)C1NCC2CCCC21. The Labute approximate surface area is 110 Å². The number of hydrogen-bond acceptors (Lipinski definition) is 3. The summed E-state index contributed by atoms with van der Waals surface area (Å²) in [6, 6.07) is 0.0686. The van der Waals surface area contributed by atoms with E-state index in [0.717, 1.165) is 32.2 Å². The van der Waals surface area contributed by atoms with Gasteiger partial charge in [-0.1, -0.05) is 6.42 Å². The highest BCUT2D eigenvalue weighted by atomic mass is 16.5. The van der Waals surface area contributed by atoms with Gasteiger partial charge in [0.25, 0.3) is 0 Å². The Morgan fingerprint density at radius 2 is 2.22 bits per heavy atom. The maximum atomic E-state index is 12.5. The molecule has 0 radical (unpaired) electrons. The average Bonchev–Trinajstić information content (AvgIpc) is 2.96. The minimum Gasteiger partial charge on any atom is -0.380 e. The summed E-state index contributed by atoms with van der Waals surface area (Å²) in [6.07, 6.45) is 3.81. The van der Waals surface area contributed by atoms with Crippen LogP contribution in [-0.2, 0) is 9.53 Å². The number of likely N-dealkylation sites (N-methyl/N-ethyl adjacent to an activating group) is 1. The first kappa shape index (κ1) is 13.8. The second-order valence-corrected chi connectivity index (χ2v) is 5.36. The van der Waals surface area contributed by atoms with Crippen LogP contribution in [0.4, 0.5) is 0 Å². The molecule has 4 nitrogen and oxygen atoms in total. The molecule has 4 heteroatoms. The molecule has 0 aromatic rings. The molecule has 3 atom stereocenters. The zero-order valence-electron chi connectivity index (χ0n) is 11.7. The zero-order valence-corrected chi connectivity index (χ0v) is 11.7. The highest BCUT2D eigenvalue weighted by molar-refractivity contribution is 5.82. The van der Waals surface area contributed by atoms with Crippen molar-refractivity contribution in [1.82, 2.24) is 10.2 Å². The van der Waals surface area contributed by atoms with Crippen LogP contribution in [0.3, 0.4) is 0 Å². The van der Waals surface area contributed by atoms with E-state index in [1.807, 2.05) is 18.7 Å². The summed E-state index contributed by atoms with van der Waals surface area (Å²) in [6.45, 7) is 7.93. The zero-order chi connectivity index (χ0) is 13.0. The van der Waals surface area contributed by atoms with Gasteiger partial charge in [-0.3, -0.25) is 4.79 Å². The predicted octanol–water partition coefficient (Wildman–Crippen LogP) is 1.26. The second kappa shape index (κ2) is 6.53. The van der Waals surface area contributed by atoms with Crippen LogP contribution in [0.15, 0.2) is 0 Å². The molecule has 0 bridgehead atoms. The highest BCUT2D eigenvalue weighted by Gasteiger charge is 2.43. The van der Waals surface area contributed by atoms with Crippen LogP contribution in [-0.4, -0.2) is 49.7 Å². The smallest absolute Gasteiger partial charge is 0.240 e. The van der Waals surface area contributed by atoms with Gasteiger partial charge in [0.15, 0.2) is 0 Å². The van der Waals surface area contributed by atoms with Gasteiger partial charge >= 0.3 is 0 Å². The number of amides is 1. The number of carbonyl (C=O) groups is 1. The van der Waals surface area contributed by atoms with E-state index < -0.39 is 0 Å². The molecule has 1 heterocycles. The van der Waals surface area contributed by atoms with Gasteiger partial charge in [0.1, 0.15) is 0 Å². The monoisotopic (exact) mass is 254 g/mol. The summed E-state index contributed by atoms with van der Waals surface area (Å²) in [5, 5.41) is 3.43. The van der Waals surface area contributed by atoms with Gasteiger partial charge in [-0.15, -0.1) is 0 Å². The number of ether oxygens (including phenoxy) is 1. The fraction of sp³-hybridized carbons (Fsp3) is 0.929. The molecule has 3 unspecified atom stereocenters. The molecule has 0 aromatic carbocycles. The molecule has 1 aliphatic heterocycles. The van der Waals surface area contributed by atoms with Gasteiger partial charge < -0.3 is 15.0 Å². The Morgan fingerprint density at radius 3 is 2.94 bits per heavy atom. The maximum absolute atomic E-state index is 12.5. The third-order valence-corrected chi connectivity index (χ3v) is 4.42. The lowest BCUT2D eigenvalue weighted by molar-refractivity contribution is -0.134. The lowest BCUT2D eigenvalue weighted by Gasteiger charge is -2.27. The van der Waals surface area contributed by atoms with Gasteiger partial charge in [0.2, 0.25) is 5.91 Å². The molecule has 1 saturated carbocycles. The lowest BCUT2D eigenvalue weighted by atomic mass is 9.93. The summed E-state index contributed by atoms with van der Waals surface area (Å²) in [7, 11) is 0. The quantitative estimate of drug-likeness (QED) is 0.726. The molecule has 2 fully saturated rings. The molecule has 2 aliphatic rings. The van der Waals surface area contributed by atoms with Crippen molar-refractivity contribution in [2.24, 2.45) is 11.8 Å². The van der Waals surface area contributed by atoms with Crippen molar-refractivity contribution in [1.29, 1.82) is 0 Å². The average molecular weight is 254 g/mol. The van der Waals surface area contributed by atoms with E-state index in [1.54, 1.807) is 0 Å². The number of fused-ring (bicyclic) bond motifs is 1. The molecular formula is C14H26N2O2. The van der Waals surface area contributed by atoms with Gasteiger partial charge in [0, 0.05) is 19.7 Å². The number of carbonyl (C=O) groups excluding carboxylic acids is 1. The number of nitrogens with zero attached hydrogens (tertiary/aromatic N) is 1. The van der Waals surface area contributed by atoms with Crippen LogP contribution in [0.25, 0.3) is 0 Å². The highest BCUT2D eigenvalue weighted by Crippen LogP contribution is 2.38. The largest absolute Gasteiger partial charge is 0.380 e. The maximum Gasteiger partial charge on any atom is 0.240 e. The van der Waals surface area contributed by atoms with E-state index in [4.69, 9.17) is 4.74 Å². The first-order chi connectivity index (χ1) is 8.77. The van der Waals surface area contributed by atoms with Gasteiger partial charge in [-0.2, -0.15) is 0 Å². The molecule has 0 spiro atoms. The van der Waals surface area contributed by atoms with Crippen LogP contribution >= 0.6 is 0 Å². The van der Waals surface area contributed by atoms with Crippen molar-refractivity contribution in [2.75, 3.05) is 32.8 Å². The summed E-state index contributed by atoms with van der Waals surface area (Å²) < 4.78 is 5.35. The van der Waals surface area contributed by atoms with E-state index in [0.29, 0.717) is 12.5 Å². The summed E-state index contributed by atoms with van der Waals surface area (Å²) >= 11 is 0. The van der Waals surface area contributed by atoms with Gasteiger partial charge in [-0.05, 0) is 45.1 Å². The molecule has 1 aliphatic carbocycles. The molecule has 2 rings (SSSR count). The predicted molar refractivity (Wildman–Crippen MR) is 71.4 cm³/mol. The normalized spacial score (nSPS) is 30.4. The van der Waals surface area contributed by atoms with Gasteiger partial charge in [0.05, 0.1) is 12.6 Å². The van der Waals surface area contributed by atoms with Crippen LogP contribution in [0.2, 0.25) is 0 Å². The van der Waals surface area contributed by atoms with Gasteiger partial charge in [-0.25, -0.2) is 0 Å². The third kappa shape index (κ3) is 2.86. The van der Waals surface area contributed by atoms with Crippen molar-refractivity contribution in [3.05, 3.63) is 0 Å². The van der Waals surface area contributed by atoms with Crippen molar-refractivity contribution in [3.63, 3.8) is 0 Å². The minimum absolute atomic E-state index is 0.0686. The van der Waals surface area contributed by atoms with Crippen molar-refractivity contribution in [3.8, 4) is 0 Å². The summed E-state index contributed by atoms with van der Waals surface area (Å²) in [5.74, 6) is 1.61. The van der Waals surface area contributed by atoms with E-state index in [2.05, 4.69) is 5.32 Å². The van der Waals surface area contributed by atoms with E-state index in [1.165, 1.54) is 19.3 Å². The first-order valence-electron chi connectivity index (χ1n) is 7.37. The summed E-state index contributed by atoms with van der Waals surface area (Å²) in [5.41, 5.74) is 0. The van der Waals surface area contributed by atoms with E-state index in [9.17, 15) is 4.79 Å². The molecule has 18 heavy (non-hydrogen) atoms. The minimum atomic E-state index is 0.0686. The fourth-order valence-electron chi connectivity index (χ4n) is 3.40. The van der Waals surface area contributed by atoms with Crippen molar-refractivity contribution in [2.45, 2.75) is 39.2 Å². The number of nitrogens with one attached hydrogen (secondary N) is 1. The van der Waals surface area contributed by atoms with Crippen molar-refractivity contribution < 1.29 is 9.53 Å². The van der Waals surface area contributed by atoms with Crippen LogP contribution in [0.1, 0.15) is 33.1 Å². The lowest BCUT2D eigenvalue weighted by Crippen LogP contribution is -2.47. The van der Waals surface area contributed by atoms with Crippen LogP contribution < -0.4 is 5.32 Å². The molecule has 1 saturated heterocycles. The molecule has 0 aromatic heterocycles. The Kier molecular flexibility index (Phi) is 5.01. The molecule has 104 valence electrons. The standard InChI is InChI=1S/C14H26N2O2/c1-3-16(8-9-18-4-2)14(17)13-12-7-5-6-11(12)10-15-13/h11-13,15H,3-10H2,1-2H3. The molecule has 1 amide bonds. The van der Waals surface area contributed by atoms with Crippen LogP contribution in [0, 0.1) is 11.8 Å². The third-order valence-electron chi connectivity index (χ3n) is 4.42. The Hall–Kier alpha value is -0.610. The summed E-state index contributed by atoms with van der Waals surface area (Å²) in [4.78, 5) is 14.5. The van der Waals surface area contributed by atoms with Crippen molar-refractivity contribution >= 4 is 5.91 Å². The Morgan fingerprint density at radius 1 is 1.39 bits per heavy atom. The molecule has 1 N–H and O–H groups in total. The number of hydrogen-bond donors (Lipinski definition) is 1. The van der Waals surface area contributed by atoms with E-state index in [-0.39, 0.29) is 11.9 Å². The number of rotatable bonds is 6. The Bertz CT molecular complexity index is 283.